The van der Waals surface area contributed by atoms with Gasteiger partial charge in [0.2, 0.25) is 0 Å². The summed E-state index contributed by atoms with van der Waals surface area (Å²) in [4.78, 5) is 5.40. The lowest BCUT2D eigenvalue weighted by atomic mass is 10.1. The van der Waals surface area contributed by atoms with E-state index in [4.69, 9.17) is 0 Å². The molecule has 0 aliphatic heterocycles. The normalized spacial score (nSPS) is 14.6. The summed E-state index contributed by atoms with van der Waals surface area (Å²) in [5, 5.41) is 18.8. The molecule has 0 spiro atoms. The number of allylic oxidation sites excluding steroid dienone is 1. The molecular formula is C15H26IN3OS. The summed E-state index contributed by atoms with van der Waals surface area (Å²) < 4.78 is 0. The number of hydrogen-bond acceptors (Lipinski definition) is 3. The topological polar surface area (TPSA) is 56.7 Å². The fraction of sp³-hybridized carbons (Fsp3) is 0.533. The van der Waals surface area contributed by atoms with Crippen LogP contribution in [0.1, 0.15) is 32.1 Å². The number of thiophene rings is 1. The van der Waals surface area contributed by atoms with Crippen LogP contribution in [0, 0.1) is 0 Å². The molecule has 0 fully saturated rings. The maximum Gasteiger partial charge on any atom is 0.191 e. The van der Waals surface area contributed by atoms with Gasteiger partial charge in [-0.2, -0.15) is 0 Å². The van der Waals surface area contributed by atoms with Gasteiger partial charge >= 0.3 is 0 Å². The largest absolute Gasteiger partial charge is 0.383 e. The van der Waals surface area contributed by atoms with E-state index in [-0.39, 0.29) is 24.0 Å². The highest BCUT2D eigenvalue weighted by atomic mass is 127. The van der Waals surface area contributed by atoms with E-state index in [2.05, 4.69) is 21.7 Å². The molecule has 0 saturated heterocycles. The number of hydrogen-bond donors (Lipinski definition) is 3. The Morgan fingerprint density at radius 2 is 2.24 bits per heavy atom. The molecule has 4 nitrogen and oxygen atoms in total. The van der Waals surface area contributed by atoms with E-state index < -0.39 is 5.60 Å². The predicted molar refractivity (Wildman–Crippen MR) is 103 cm³/mol. The third-order valence-corrected chi connectivity index (χ3v) is 3.90. The minimum absolute atomic E-state index is 0. The van der Waals surface area contributed by atoms with Crippen LogP contribution in [0.3, 0.4) is 0 Å². The molecular weight excluding hydrogens is 397 g/mol. The lowest BCUT2D eigenvalue weighted by molar-refractivity contribution is 0.0711. The minimum atomic E-state index is -0.917. The van der Waals surface area contributed by atoms with Gasteiger partial charge in [0.1, 0.15) is 5.60 Å². The zero-order valence-corrected chi connectivity index (χ0v) is 16.1. The third kappa shape index (κ3) is 7.82. The fourth-order valence-corrected chi connectivity index (χ4v) is 2.46. The minimum Gasteiger partial charge on any atom is -0.383 e. The Morgan fingerprint density at radius 3 is 2.81 bits per heavy atom. The molecule has 1 heterocycles. The first-order chi connectivity index (χ1) is 9.60. The van der Waals surface area contributed by atoms with E-state index in [1.807, 2.05) is 37.4 Å². The zero-order chi connectivity index (χ0) is 14.8. The van der Waals surface area contributed by atoms with Crippen molar-refractivity contribution in [1.82, 2.24) is 10.6 Å². The molecule has 0 aliphatic carbocycles. The second kappa shape index (κ2) is 11.0. The number of halogens is 1. The summed E-state index contributed by atoms with van der Waals surface area (Å²) >= 11 is 1.55. The van der Waals surface area contributed by atoms with Gasteiger partial charge in [-0.25, -0.2) is 4.99 Å². The maximum absolute atomic E-state index is 10.4. The molecule has 0 radical (unpaired) electrons. The average Bonchev–Trinajstić information content (AvgIpc) is 2.95. The van der Waals surface area contributed by atoms with E-state index >= 15 is 0 Å². The van der Waals surface area contributed by atoms with E-state index in [0.29, 0.717) is 6.54 Å². The van der Waals surface area contributed by atoms with Crippen molar-refractivity contribution < 1.29 is 5.11 Å². The molecule has 1 rings (SSSR count). The van der Waals surface area contributed by atoms with Crippen molar-refractivity contribution in [3.8, 4) is 0 Å². The highest BCUT2D eigenvalue weighted by Gasteiger charge is 2.23. The van der Waals surface area contributed by atoms with Crippen molar-refractivity contribution in [2.24, 2.45) is 4.99 Å². The monoisotopic (exact) mass is 423 g/mol. The van der Waals surface area contributed by atoms with Gasteiger partial charge in [0.15, 0.2) is 5.96 Å². The second-order valence-electron chi connectivity index (χ2n) is 4.73. The lowest BCUT2D eigenvalue weighted by Crippen LogP contribution is -2.39. The average molecular weight is 423 g/mol. The van der Waals surface area contributed by atoms with Crippen LogP contribution in [0.4, 0.5) is 0 Å². The lowest BCUT2D eigenvalue weighted by Gasteiger charge is -2.20. The molecule has 0 aliphatic rings. The van der Waals surface area contributed by atoms with E-state index in [1.165, 1.54) is 0 Å². The first-order valence-corrected chi connectivity index (χ1v) is 7.87. The standard InChI is InChI=1S/C15H25N3OS.HI/c1-4-6-7-10-17-14(16-5-2)18-12-15(3,19)13-9-8-11-20-13;/h4,6,8-9,11,19H,5,7,10,12H2,1-3H3,(H2,16,17,18);1H/b6-4+;. The van der Waals surface area contributed by atoms with Crippen LogP contribution in [0.25, 0.3) is 0 Å². The Labute approximate surface area is 148 Å². The Morgan fingerprint density at radius 1 is 1.48 bits per heavy atom. The molecule has 3 N–H and O–H groups in total. The summed E-state index contributed by atoms with van der Waals surface area (Å²) in [5.41, 5.74) is -0.917. The van der Waals surface area contributed by atoms with E-state index in [0.717, 1.165) is 30.3 Å². The fourth-order valence-electron chi connectivity index (χ4n) is 1.68. The Bertz CT molecular complexity index is 430. The van der Waals surface area contributed by atoms with Gasteiger partial charge in [0.05, 0.1) is 6.54 Å². The van der Waals surface area contributed by atoms with Crippen LogP contribution < -0.4 is 10.6 Å². The van der Waals surface area contributed by atoms with Crippen LogP contribution in [0.5, 0.6) is 0 Å². The van der Waals surface area contributed by atoms with Gasteiger partial charge in [-0.1, -0.05) is 18.2 Å². The first-order valence-electron chi connectivity index (χ1n) is 7.00. The van der Waals surface area contributed by atoms with Crippen molar-refractivity contribution in [1.29, 1.82) is 0 Å². The zero-order valence-electron chi connectivity index (χ0n) is 12.9. The molecule has 1 aromatic rings. The molecule has 0 aromatic carbocycles. The van der Waals surface area contributed by atoms with Crippen molar-refractivity contribution in [3.63, 3.8) is 0 Å². The van der Waals surface area contributed by atoms with Crippen molar-refractivity contribution in [3.05, 3.63) is 34.5 Å². The Hall–Kier alpha value is -0.600. The summed E-state index contributed by atoms with van der Waals surface area (Å²) in [6, 6.07) is 3.88. The smallest absolute Gasteiger partial charge is 0.191 e. The number of guanidine groups is 1. The highest BCUT2D eigenvalue weighted by Crippen LogP contribution is 2.25. The number of rotatable bonds is 7. The number of aliphatic imine (C=N–C) groups is 1. The van der Waals surface area contributed by atoms with Crippen molar-refractivity contribution >= 4 is 41.3 Å². The van der Waals surface area contributed by atoms with Crippen LogP contribution >= 0.6 is 35.3 Å². The molecule has 120 valence electrons. The third-order valence-electron chi connectivity index (χ3n) is 2.78. The molecule has 0 amide bonds. The first kappa shape index (κ1) is 20.4. The summed E-state index contributed by atoms with van der Waals surface area (Å²) in [6.07, 6.45) is 5.11. The van der Waals surface area contributed by atoms with E-state index in [1.54, 1.807) is 18.3 Å². The predicted octanol–water partition coefficient (Wildman–Crippen LogP) is 3.09. The van der Waals surface area contributed by atoms with Crippen LogP contribution in [0.2, 0.25) is 0 Å². The van der Waals surface area contributed by atoms with Gasteiger partial charge in [0.25, 0.3) is 0 Å². The number of nitrogens with zero attached hydrogens (tertiary/aromatic N) is 1. The van der Waals surface area contributed by atoms with Crippen LogP contribution in [0.15, 0.2) is 34.7 Å². The molecule has 1 aromatic heterocycles. The van der Waals surface area contributed by atoms with Crippen molar-refractivity contribution in [2.45, 2.75) is 32.8 Å². The molecule has 1 atom stereocenters. The van der Waals surface area contributed by atoms with Crippen molar-refractivity contribution in [2.75, 3.05) is 19.6 Å². The van der Waals surface area contributed by atoms with Gasteiger partial charge in [0, 0.05) is 18.0 Å². The van der Waals surface area contributed by atoms with Gasteiger partial charge in [-0.15, -0.1) is 35.3 Å². The molecule has 0 bridgehead atoms. The maximum atomic E-state index is 10.4. The number of aliphatic hydroxyl groups is 1. The molecule has 21 heavy (non-hydrogen) atoms. The highest BCUT2D eigenvalue weighted by molar-refractivity contribution is 14.0. The van der Waals surface area contributed by atoms with Gasteiger partial charge in [-0.05, 0) is 38.6 Å². The quantitative estimate of drug-likeness (QED) is 0.208. The summed E-state index contributed by atoms with van der Waals surface area (Å²) in [5.74, 6) is 0.744. The van der Waals surface area contributed by atoms with Crippen LogP contribution in [-0.4, -0.2) is 30.7 Å². The molecule has 1 unspecified atom stereocenters. The van der Waals surface area contributed by atoms with E-state index in [9.17, 15) is 5.11 Å². The Kier molecular flexibility index (Phi) is 10.7. The summed E-state index contributed by atoms with van der Waals surface area (Å²) in [6.45, 7) is 7.81. The SMILES string of the molecule is C/C=C/CCNC(=NCC(C)(O)c1cccs1)NCC.I. The number of nitrogens with one attached hydrogen (secondary N) is 2. The second-order valence-corrected chi connectivity index (χ2v) is 5.68. The molecule has 0 saturated carbocycles. The Balaban J connectivity index is 0.00000400. The van der Waals surface area contributed by atoms with Gasteiger partial charge < -0.3 is 15.7 Å². The summed E-state index contributed by atoms with van der Waals surface area (Å²) in [7, 11) is 0. The van der Waals surface area contributed by atoms with Gasteiger partial charge in [-0.3, -0.25) is 0 Å². The van der Waals surface area contributed by atoms with Crippen LogP contribution in [-0.2, 0) is 5.60 Å². The molecule has 6 heteroatoms.